The largest absolute Gasteiger partial charge is 0.394 e. The normalized spacial score (nSPS) is 11.5. The van der Waals surface area contributed by atoms with Gasteiger partial charge in [0.05, 0.1) is 12.6 Å². The van der Waals surface area contributed by atoms with Gasteiger partial charge in [-0.25, -0.2) is 0 Å². The number of amides is 1. The molecule has 1 amide bonds. The van der Waals surface area contributed by atoms with Crippen LogP contribution in [0.5, 0.6) is 0 Å². The van der Waals surface area contributed by atoms with Crippen molar-refractivity contribution in [1.82, 2.24) is 5.32 Å². The number of carbonyl (C=O) groups is 1. The predicted molar refractivity (Wildman–Crippen MR) is 58.0 cm³/mol. The minimum atomic E-state index is -0.495. The van der Waals surface area contributed by atoms with Crippen LogP contribution >= 0.6 is 0 Å². The van der Waals surface area contributed by atoms with E-state index in [0.717, 1.165) is 5.56 Å². The first-order valence-electron chi connectivity index (χ1n) is 4.68. The average Bonchev–Trinajstić information content (AvgIpc) is 2.29. The van der Waals surface area contributed by atoms with Gasteiger partial charge in [-0.05, 0) is 17.9 Å². The first-order chi connectivity index (χ1) is 7.26. The second-order valence-corrected chi connectivity index (χ2v) is 3.19. The number of aliphatic hydroxyl groups is 1. The summed E-state index contributed by atoms with van der Waals surface area (Å²) in [6.07, 6.45) is 5.50. The molecule has 15 heavy (non-hydrogen) atoms. The van der Waals surface area contributed by atoms with Gasteiger partial charge in [0.1, 0.15) is 0 Å². The zero-order valence-corrected chi connectivity index (χ0v) is 8.31. The molecule has 2 N–H and O–H groups in total. The van der Waals surface area contributed by atoms with Crippen molar-refractivity contribution >= 4 is 5.91 Å². The van der Waals surface area contributed by atoms with Crippen LogP contribution in [-0.4, -0.2) is 23.7 Å². The molecule has 0 saturated heterocycles. The Kier molecular flexibility index (Phi) is 4.39. The third kappa shape index (κ3) is 3.84. The van der Waals surface area contributed by atoms with Gasteiger partial charge in [0, 0.05) is 0 Å². The summed E-state index contributed by atoms with van der Waals surface area (Å²) >= 11 is 0. The molecule has 1 unspecified atom stereocenters. The summed E-state index contributed by atoms with van der Waals surface area (Å²) in [5.41, 5.74) is 1.05. The molecule has 0 saturated carbocycles. The molecule has 0 heterocycles. The van der Waals surface area contributed by atoms with E-state index in [9.17, 15) is 4.79 Å². The Labute approximate surface area is 89.1 Å². The van der Waals surface area contributed by atoms with Gasteiger partial charge in [-0.3, -0.25) is 4.79 Å². The Balaban J connectivity index is 2.55. The highest BCUT2D eigenvalue weighted by atomic mass is 16.3. The summed E-state index contributed by atoms with van der Waals surface area (Å²) in [6, 6.07) is 9.28. The lowest BCUT2D eigenvalue weighted by molar-refractivity contribution is -0.116. The van der Waals surface area contributed by atoms with Crippen LogP contribution in [0.2, 0.25) is 0 Å². The molecule has 0 bridgehead atoms. The number of nitrogens with one attached hydrogen (secondary N) is 1. The number of hydrogen-bond acceptors (Lipinski definition) is 2. The van der Waals surface area contributed by atoms with Gasteiger partial charge in [-0.2, -0.15) is 0 Å². The first-order valence-corrected chi connectivity index (χ1v) is 4.68. The second kappa shape index (κ2) is 5.84. The monoisotopic (exact) mass is 203 g/mol. The number of rotatable bonds is 4. The van der Waals surface area contributed by atoms with Crippen LogP contribution in [0, 0.1) is 12.3 Å². The molecule has 0 aliphatic carbocycles. The molecule has 3 nitrogen and oxygen atoms in total. The molecule has 78 valence electrons. The topological polar surface area (TPSA) is 49.3 Å². The SMILES string of the molecule is C#CC(=O)NC(CO)Cc1ccccc1. The molecule has 1 rings (SSSR count). The first kappa shape index (κ1) is 11.3. The third-order valence-corrected chi connectivity index (χ3v) is 2.01. The number of aliphatic hydroxyl groups excluding tert-OH is 1. The quantitative estimate of drug-likeness (QED) is 0.693. The lowest BCUT2D eigenvalue weighted by Crippen LogP contribution is -2.38. The Morgan fingerprint density at radius 1 is 1.47 bits per heavy atom. The van der Waals surface area contributed by atoms with E-state index in [-0.39, 0.29) is 12.6 Å². The van der Waals surface area contributed by atoms with Gasteiger partial charge >= 0.3 is 0 Å². The Morgan fingerprint density at radius 3 is 2.67 bits per heavy atom. The number of terminal acetylenes is 1. The van der Waals surface area contributed by atoms with E-state index in [1.165, 1.54) is 0 Å². The summed E-state index contributed by atoms with van der Waals surface area (Å²) in [5.74, 6) is 1.46. The minimum Gasteiger partial charge on any atom is -0.394 e. The van der Waals surface area contributed by atoms with Crippen LogP contribution in [0.15, 0.2) is 30.3 Å². The molecule has 0 spiro atoms. The summed E-state index contributed by atoms with van der Waals surface area (Å²) in [4.78, 5) is 10.9. The van der Waals surface area contributed by atoms with E-state index in [4.69, 9.17) is 11.5 Å². The number of carbonyl (C=O) groups excluding carboxylic acids is 1. The highest BCUT2D eigenvalue weighted by Gasteiger charge is 2.09. The van der Waals surface area contributed by atoms with E-state index in [1.54, 1.807) is 0 Å². The van der Waals surface area contributed by atoms with Gasteiger partial charge in [0.2, 0.25) is 0 Å². The van der Waals surface area contributed by atoms with Gasteiger partial charge in [0.25, 0.3) is 5.91 Å². The Hall–Kier alpha value is -1.79. The molecule has 1 aromatic carbocycles. The fourth-order valence-corrected chi connectivity index (χ4v) is 1.29. The molecule has 0 aliphatic rings. The van der Waals surface area contributed by atoms with Crippen molar-refractivity contribution in [1.29, 1.82) is 0 Å². The second-order valence-electron chi connectivity index (χ2n) is 3.19. The van der Waals surface area contributed by atoms with E-state index in [1.807, 2.05) is 36.3 Å². The fraction of sp³-hybridized carbons (Fsp3) is 0.250. The number of benzene rings is 1. The van der Waals surface area contributed by atoms with Crippen molar-refractivity contribution in [3.8, 4) is 12.3 Å². The molecule has 1 aromatic rings. The van der Waals surface area contributed by atoms with Crippen molar-refractivity contribution in [3.05, 3.63) is 35.9 Å². The molecular formula is C12H13NO2. The van der Waals surface area contributed by atoms with Crippen molar-refractivity contribution in [3.63, 3.8) is 0 Å². The van der Waals surface area contributed by atoms with E-state index < -0.39 is 5.91 Å². The van der Waals surface area contributed by atoms with Crippen molar-refractivity contribution < 1.29 is 9.90 Å². The van der Waals surface area contributed by atoms with Crippen LogP contribution in [0.25, 0.3) is 0 Å². The fourth-order valence-electron chi connectivity index (χ4n) is 1.29. The maximum atomic E-state index is 10.9. The van der Waals surface area contributed by atoms with Crippen LogP contribution in [-0.2, 0) is 11.2 Å². The van der Waals surface area contributed by atoms with E-state index >= 15 is 0 Å². The van der Waals surface area contributed by atoms with Gasteiger partial charge in [-0.1, -0.05) is 30.3 Å². The van der Waals surface area contributed by atoms with Crippen LogP contribution in [0.4, 0.5) is 0 Å². The van der Waals surface area contributed by atoms with Gasteiger partial charge < -0.3 is 10.4 Å². The smallest absolute Gasteiger partial charge is 0.295 e. The van der Waals surface area contributed by atoms with Crippen LogP contribution in [0.1, 0.15) is 5.56 Å². The zero-order valence-electron chi connectivity index (χ0n) is 8.31. The van der Waals surface area contributed by atoms with Crippen LogP contribution in [0.3, 0.4) is 0 Å². The van der Waals surface area contributed by atoms with Gasteiger partial charge in [0.15, 0.2) is 0 Å². The highest BCUT2D eigenvalue weighted by Crippen LogP contribution is 2.02. The maximum absolute atomic E-state index is 10.9. The third-order valence-electron chi connectivity index (χ3n) is 2.01. The summed E-state index contributed by atoms with van der Waals surface area (Å²) in [7, 11) is 0. The maximum Gasteiger partial charge on any atom is 0.295 e. The van der Waals surface area contributed by atoms with Crippen molar-refractivity contribution in [2.45, 2.75) is 12.5 Å². The lowest BCUT2D eigenvalue weighted by Gasteiger charge is -2.14. The summed E-state index contributed by atoms with van der Waals surface area (Å²) in [5, 5.41) is 11.6. The van der Waals surface area contributed by atoms with Gasteiger partial charge in [-0.15, -0.1) is 6.42 Å². The highest BCUT2D eigenvalue weighted by molar-refractivity contribution is 5.93. The molecule has 0 aliphatic heterocycles. The average molecular weight is 203 g/mol. The summed E-state index contributed by atoms with van der Waals surface area (Å²) in [6.45, 7) is -0.123. The lowest BCUT2D eigenvalue weighted by atomic mass is 10.1. The Bertz CT molecular complexity index is 354. The standard InChI is InChI=1S/C12H13NO2/c1-2-12(15)13-11(9-14)8-10-6-4-3-5-7-10/h1,3-7,11,14H,8-9H2,(H,13,15). The van der Waals surface area contributed by atoms with Crippen molar-refractivity contribution in [2.75, 3.05) is 6.61 Å². The molecule has 0 fully saturated rings. The number of hydrogen-bond donors (Lipinski definition) is 2. The van der Waals surface area contributed by atoms with E-state index in [0.29, 0.717) is 6.42 Å². The van der Waals surface area contributed by atoms with Crippen molar-refractivity contribution in [2.24, 2.45) is 0 Å². The molecule has 0 aromatic heterocycles. The zero-order chi connectivity index (χ0) is 11.1. The molecule has 0 radical (unpaired) electrons. The van der Waals surface area contributed by atoms with Crippen LogP contribution < -0.4 is 5.32 Å². The molecule has 3 heteroatoms. The predicted octanol–water partition coefficient (Wildman–Crippen LogP) is 0.339. The Morgan fingerprint density at radius 2 is 2.13 bits per heavy atom. The summed E-state index contributed by atoms with van der Waals surface area (Å²) < 4.78 is 0. The minimum absolute atomic E-state index is 0.123. The van der Waals surface area contributed by atoms with E-state index in [2.05, 4.69) is 5.32 Å². The molecule has 1 atom stereocenters. The molecular weight excluding hydrogens is 190 g/mol.